The molecule has 2 aliphatic heterocycles. The summed E-state index contributed by atoms with van der Waals surface area (Å²) in [6, 6.07) is 7.59. The van der Waals surface area contributed by atoms with Crippen molar-refractivity contribution in [3.8, 4) is 5.75 Å². The minimum atomic E-state index is 0.350. The van der Waals surface area contributed by atoms with Gasteiger partial charge in [-0.2, -0.15) is 0 Å². The van der Waals surface area contributed by atoms with E-state index >= 15 is 0 Å². The number of phenols is 1. The number of rotatable bonds is 4. The van der Waals surface area contributed by atoms with Gasteiger partial charge in [-0.05, 0) is 74.2 Å². The van der Waals surface area contributed by atoms with Crippen LogP contribution in [-0.4, -0.2) is 47.0 Å². The number of hydrogen-bond acceptors (Lipinski definition) is 3. The van der Waals surface area contributed by atoms with Gasteiger partial charge in [0.1, 0.15) is 5.75 Å². The number of amides is 1. The first kappa shape index (κ1) is 15.9. The minimum absolute atomic E-state index is 0.350. The Morgan fingerprint density at radius 1 is 1.17 bits per heavy atom. The third kappa shape index (κ3) is 3.59. The van der Waals surface area contributed by atoms with Crippen molar-refractivity contribution in [2.45, 2.75) is 45.1 Å². The van der Waals surface area contributed by atoms with Crippen LogP contribution >= 0.6 is 0 Å². The van der Waals surface area contributed by atoms with Gasteiger partial charge in [-0.15, -0.1) is 0 Å². The van der Waals surface area contributed by atoms with E-state index in [-0.39, 0.29) is 0 Å². The van der Waals surface area contributed by atoms with E-state index in [0.717, 1.165) is 51.5 Å². The second kappa shape index (κ2) is 6.40. The highest BCUT2D eigenvalue weighted by Gasteiger charge is 2.42. The molecule has 4 heteroatoms. The van der Waals surface area contributed by atoms with Crippen LogP contribution in [0.5, 0.6) is 5.75 Å². The normalized spacial score (nSPS) is 24.5. The van der Waals surface area contributed by atoms with Gasteiger partial charge < -0.3 is 10.0 Å². The van der Waals surface area contributed by atoms with Crippen molar-refractivity contribution >= 4 is 5.91 Å². The first-order chi connectivity index (χ1) is 11.6. The summed E-state index contributed by atoms with van der Waals surface area (Å²) in [6.07, 6.45) is 6.84. The van der Waals surface area contributed by atoms with Crippen molar-refractivity contribution < 1.29 is 9.90 Å². The molecule has 1 saturated carbocycles. The topological polar surface area (TPSA) is 43.8 Å². The van der Waals surface area contributed by atoms with E-state index in [2.05, 4.69) is 15.9 Å². The molecule has 1 aromatic carbocycles. The summed E-state index contributed by atoms with van der Waals surface area (Å²) in [5.74, 6) is 1.52. The number of hydrogen-bond donors (Lipinski definition) is 1. The lowest BCUT2D eigenvalue weighted by molar-refractivity contribution is -0.139. The number of aromatic hydroxyl groups is 1. The van der Waals surface area contributed by atoms with E-state index < -0.39 is 0 Å². The van der Waals surface area contributed by atoms with Crippen LogP contribution in [0.15, 0.2) is 24.3 Å². The van der Waals surface area contributed by atoms with Gasteiger partial charge in [0.15, 0.2) is 0 Å². The van der Waals surface area contributed by atoms with Gasteiger partial charge in [-0.1, -0.05) is 12.1 Å². The molecule has 1 amide bonds. The molecular weight excluding hydrogens is 300 g/mol. The van der Waals surface area contributed by atoms with Crippen LogP contribution in [0, 0.1) is 11.3 Å². The van der Waals surface area contributed by atoms with Crippen LogP contribution in [-0.2, 0) is 11.3 Å². The van der Waals surface area contributed by atoms with Crippen LogP contribution in [0.3, 0.4) is 0 Å². The smallest absolute Gasteiger partial charge is 0.222 e. The number of piperidine rings is 2. The van der Waals surface area contributed by atoms with Crippen LogP contribution < -0.4 is 0 Å². The highest BCUT2D eigenvalue weighted by atomic mass is 16.3. The van der Waals surface area contributed by atoms with E-state index in [4.69, 9.17) is 0 Å². The van der Waals surface area contributed by atoms with Gasteiger partial charge >= 0.3 is 0 Å². The molecule has 1 aromatic rings. The maximum absolute atomic E-state index is 12.2. The average Bonchev–Trinajstić information content (AvgIpc) is 3.38. The monoisotopic (exact) mass is 328 g/mol. The zero-order chi connectivity index (χ0) is 16.6. The van der Waals surface area contributed by atoms with Crippen molar-refractivity contribution in [1.29, 1.82) is 0 Å². The summed E-state index contributed by atoms with van der Waals surface area (Å²) < 4.78 is 0. The molecule has 2 heterocycles. The molecular formula is C20H28N2O2. The minimum Gasteiger partial charge on any atom is -0.508 e. The maximum Gasteiger partial charge on any atom is 0.222 e. The summed E-state index contributed by atoms with van der Waals surface area (Å²) in [5, 5.41) is 9.62. The number of carbonyl (C=O) groups is 1. The van der Waals surface area contributed by atoms with Gasteiger partial charge in [0.05, 0.1) is 0 Å². The SMILES string of the molecule is O=C1CCC2(CCN(Cc3cccc(O)c3)CC2)CN1CC1CC1. The highest BCUT2D eigenvalue weighted by Crippen LogP contribution is 2.42. The quantitative estimate of drug-likeness (QED) is 0.924. The van der Waals surface area contributed by atoms with Crippen molar-refractivity contribution in [2.75, 3.05) is 26.2 Å². The Morgan fingerprint density at radius 2 is 1.96 bits per heavy atom. The van der Waals surface area contributed by atoms with Crippen molar-refractivity contribution in [1.82, 2.24) is 9.80 Å². The Kier molecular flexibility index (Phi) is 4.25. The fourth-order valence-electron chi connectivity index (χ4n) is 4.39. The molecule has 4 nitrogen and oxygen atoms in total. The number of carbonyl (C=O) groups excluding carboxylic acids is 1. The molecule has 24 heavy (non-hydrogen) atoms. The fourth-order valence-corrected chi connectivity index (χ4v) is 4.39. The predicted octanol–water partition coefficient (Wildman–Crippen LogP) is 3.01. The van der Waals surface area contributed by atoms with Crippen LogP contribution in [0.1, 0.15) is 44.1 Å². The largest absolute Gasteiger partial charge is 0.508 e. The second-order valence-electron chi connectivity index (χ2n) is 8.16. The van der Waals surface area contributed by atoms with Crippen molar-refractivity contribution in [3.05, 3.63) is 29.8 Å². The van der Waals surface area contributed by atoms with E-state index in [1.54, 1.807) is 6.07 Å². The third-order valence-corrected chi connectivity index (χ3v) is 6.16. The summed E-state index contributed by atoms with van der Waals surface area (Å²) in [7, 11) is 0. The molecule has 1 spiro atoms. The molecule has 0 bridgehead atoms. The predicted molar refractivity (Wildman–Crippen MR) is 93.6 cm³/mol. The van der Waals surface area contributed by atoms with Gasteiger partial charge in [0, 0.05) is 26.1 Å². The number of phenolic OH excluding ortho intramolecular Hbond substituents is 1. The lowest BCUT2D eigenvalue weighted by atomic mass is 9.72. The van der Waals surface area contributed by atoms with Gasteiger partial charge in [0.2, 0.25) is 5.91 Å². The molecule has 130 valence electrons. The summed E-state index contributed by atoms with van der Waals surface area (Å²) in [6.45, 7) is 5.10. The maximum atomic E-state index is 12.2. The highest BCUT2D eigenvalue weighted by molar-refractivity contribution is 5.77. The number of nitrogens with zero attached hydrogens (tertiary/aromatic N) is 2. The van der Waals surface area contributed by atoms with Crippen molar-refractivity contribution in [2.24, 2.45) is 11.3 Å². The van der Waals surface area contributed by atoms with Gasteiger partial charge in [0.25, 0.3) is 0 Å². The lowest BCUT2D eigenvalue weighted by Crippen LogP contribution is -2.51. The van der Waals surface area contributed by atoms with E-state index in [9.17, 15) is 9.90 Å². The summed E-state index contributed by atoms with van der Waals surface area (Å²) in [4.78, 5) is 16.9. The van der Waals surface area contributed by atoms with Gasteiger partial charge in [-0.25, -0.2) is 0 Å². The molecule has 1 N–H and O–H groups in total. The van der Waals surface area contributed by atoms with E-state index in [0.29, 0.717) is 17.1 Å². The summed E-state index contributed by atoms with van der Waals surface area (Å²) in [5.41, 5.74) is 1.54. The Morgan fingerprint density at radius 3 is 2.67 bits per heavy atom. The van der Waals surface area contributed by atoms with Crippen LogP contribution in [0.2, 0.25) is 0 Å². The second-order valence-corrected chi connectivity index (χ2v) is 8.16. The van der Waals surface area contributed by atoms with E-state index in [1.165, 1.54) is 31.2 Å². The summed E-state index contributed by atoms with van der Waals surface area (Å²) >= 11 is 0. The molecule has 0 aromatic heterocycles. The van der Waals surface area contributed by atoms with Gasteiger partial charge in [-0.3, -0.25) is 9.69 Å². The third-order valence-electron chi connectivity index (χ3n) is 6.16. The molecule has 3 fully saturated rings. The zero-order valence-electron chi connectivity index (χ0n) is 14.4. The molecule has 0 unspecified atom stereocenters. The van der Waals surface area contributed by atoms with Crippen LogP contribution in [0.25, 0.3) is 0 Å². The number of likely N-dealkylation sites (tertiary alicyclic amines) is 2. The molecule has 0 atom stereocenters. The molecule has 2 saturated heterocycles. The van der Waals surface area contributed by atoms with Crippen molar-refractivity contribution in [3.63, 3.8) is 0 Å². The first-order valence-electron chi connectivity index (χ1n) is 9.40. The Labute approximate surface area is 144 Å². The Balaban J connectivity index is 1.33. The molecule has 1 aliphatic carbocycles. The van der Waals surface area contributed by atoms with Crippen LogP contribution in [0.4, 0.5) is 0 Å². The molecule has 0 radical (unpaired) electrons. The molecule has 4 rings (SSSR count). The standard InChI is InChI=1S/C20H28N2O2/c23-18-3-1-2-17(12-18)13-21-10-8-20(9-11-21)7-6-19(24)22(15-20)14-16-4-5-16/h1-3,12,16,23H,4-11,13-15H2. The fraction of sp³-hybridized carbons (Fsp3) is 0.650. The molecule has 3 aliphatic rings. The van der Waals surface area contributed by atoms with E-state index in [1.807, 2.05) is 12.1 Å². The Hall–Kier alpha value is -1.55. The number of benzene rings is 1. The lowest BCUT2D eigenvalue weighted by Gasteiger charge is -2.47. The average molecular weight is 328 g/mol. The zero-order valence-corrected chi connectivity index (χ0v) is 14.4. The first-order valence-corrected chi connectivity index (χ1v) is 9.40. The Bertz CT molecular complexity index is 603.